The summed E-state index contributed by atoms with van der Waals surface area (Å²) in [7, 11) is -7.40. The molecule has 1 aliphatic carbocycles. The fraction of sp³-hybridized carbons (Fsp3) is 0.316. The second-order valence-electron chi connectivity index (χ2n) is 7.05. The van der Waals surface area contributed by atoms with E-state index in [-0.39, 0.29) is 22.4 Å². The van der Waals surface area contributed by atoms with Crippen molar-refractivity contribution in [2.24, 2.45) is 0 Å². The van der Waals surface area contributed by atoms with Crippen molar-refractivity contribution < 1.29 is 21.6 Å². The first-order valence-corrected chi connectivity index (χ1v) is 12.6. The van der Waals surface area contributed by atoms with Crippen molar-refractivity contribution in [1.29, 1.82) is 0 Å². The lowest BCUT2D eigenvalue weighted by atomic mass is 10.2. The van der Waals surface area contributed by atoms with Gasteiger partial charge in [-0.3, -0.25) is 4.79 Å². The Balaban J connectivity index is 1.55. The van der Waals surface area contributed by atoms with Gasteiger partial charge in [-0.05, 0) is 61.7 Å². The van der Waals surface area contributed by atoms with Gasteiger partial charge < -0.3 is 5.32 Å². The normalized spacial score (nSPS) is 15.5. The van der Waals surface area contributed by atoms with Crippen LogP contribution >= 0.6 is 11.6 Å². The molecule has 1 aliphatic rings. The molecular weight excluding hydrogens is 450 g/mol. The van der Waals surface area contributed by atoms with Crippen LogP contribution in [-0.2, 0) is 31.4 Å². The Morgan fingerprint density at radius 2 is 1.50 bits per heavy atom. The zero-order chi connectivity index (χ0) is 21.9. The summed E-state index contributed by atoms with van der Waals surface area (Å²) < 4.78 is 53.9. The van der Waals surface area contributed by atoms with E-state index in [1.807, 2.05) is 0 Å². The lowest BCUT2D eigenvalue weighted by Gasteiger charge is -2.15. The zero-order valence-corrected chi connectivity index (χ0v) is 18.5. The lowest BCUT2D eigenvalue weighted by Crippen LogP contribution is -2.44. The molecule has 1 amide bonds. The Morgan fingerprint density at radius 1 is 0.967 bits per heavy atom. The first kappa shape index (κ1) is 22.7. The van der Waals surface area contributed by atoms with Crippen LogP contribution in [0.3, 0.4) is 0 Å². The van der Waals surface area contributed by atoms with Crippen LogP contribution in [-0.4, -0.2) is 34.8 Å². The van der Waals surface area contributed by atoms with E-state index in [2.05, 4.69) is 14.8 Å². The molecule has 2 aromatic rings. The number of halogens is 1. The number of rotatable bonds is 9. The smallest absolute Gasteiger partial charge is 0.241 e. The van der Waals surface area contributed by atoms with Crippen molar-refractivity contribution in [3.8, 4) is 0 Å². The molecule has 3 rings (SSSR count). The van der Waals surface area contributed by atoms with Gasteiger partial charge in [0.25, 0.3) is 0 Å². The van der Waals surface area contributed by atoms with E-state index in [1.54, 1.807) is 12.1 Å². The van der Waals surface area contributed by atoms with E-state index < -0.39 is 32.0 Å². The van der Waals surface area contributed by atoms with Gasteiger partial charge in [0.05, 0.1) is 15.8 Å². The third-order valence-corrected chi connectivity index (χ3v) is 7.79. The van der Waals surface area contributed by atoms with Gasteiger partial charge >= 0.3 is 0 Å². The molecule has 0 heterocycles. The molecule has 0 aliphatic heterocycles. The Labute approximate surface area is 181 Å². The lowest BCUT2D eigenvalue weighted by molar-refractivity contribution is -0.122. The highest BCUT2D eigenvalue weighted by Gasteiger charge is 2.28. The third kappa shape index (κ3) is 6.02. The molecule has 8 nitrogen and oxygen atoms in total. The molecule has 162 valence electrons. The van der Waals surface area contributed by atoms with E-state index in [4.69, 9.17) is 11.6 Å². The number of sulfonamides is 2. The summed E-state index contributed by atoms with van der Waals surface area (Å²) in [5, 5.41) is 3.03. The highest BCUT2D eigenvalue weighted by molar-refractivity contribution is 7.89. The molecule has 0 unspecified atom stereocenters. The van der Waals surface area contributed by atoms with E-state index in [9.17, 15) is 21.6 Å². The van der Waals surface area contributed by atoms with Crippen molar-refractivity contribution in [3.05, 3.63) is 59.1 Å². The van der Waals surface area contributed by atoms with Crippen LogP contribution in [0.25, 0.3) is 0 Å². The predicted molar refractivity (Wildman–Crippen MR) is 113 cm³/mol. The summed E-state index contributed by atoms with van der Waals surface area (Å²) >= 11 is 5.76. The van der Waals surface area contributed by atoms with Crippen LogP contribution in [0.5, 0.6) is 0 Å². The van der Waals surface area contributed by atoms with Gasteiger partial charge in [0.2, 0.25) is 26.0 Å². The molecule has 3 N–H and O–H groups in total. The third-order valence-electron chi connectivity index (χ3n) is 4.45. The number of nitrogens with one attached hydrogen (secondary N) is 3. The van der Waals surface area contributed by atoms with Gasteiger partial charge in [0.15, 0.2) is 0 Å². The van der Waals surface area contributed by atoms with Gasteiger partial charge in [-0.1, -0.05) is 23.7 Å². The van der Waals surface area contributed by atoms with Gasteiger partial charge in [-0.2, -0.15) is 4.72 Å². The summed E-state index contributed by atoms with van der Waals surface area (Å²) in [5.41, 5.74) is 0.682. The van der Waals surface area contributed by atoms with Crippen LogP contribution in [0.15, 0.2) is 58.3 Å². The molecule has 1 fully saturated rings. The molecule has 0 spiro atoms. The molecule has 1 atom stereocenters. The van der Waals surface area contributed by atoms with Crippen LogP contribution in [0.2, 0.25) is 5.02 Å². The van der Waals surface area contributed by atoms with Gasteiger partial charge in [-0.25, -0.2) is 21.6 Å². The summed E-state index contributed by atoms with van der Waals surface area (Å²) in [6.45, 7) is 1.56. The first-order chi connectivity index (χ1) is 14.1. The molecule has 11 heteroatoms. The second kappa shape index (κ2) is 9.03. The molecule has 0 bridgehead atoms. The van der Waals surface area contributed by atoms with E-state index in [1.165, 1.54) is 43.3 Å². The summed E-state index contributed by atoms with van der Waals surface area (Å²) in [4.78, 5) is 12.4. The minimum absolute atomic E-state index is 0.00292. The van der Waals surface area contributed by atoms with Crippen LogP contribution in [0.4, 0.5) is 0 Å². The van der Waals surface area contributed by atoms with E-state index >= 15 is 0 Å². The summed E-state index contributed by atoms with van der Waals surface area (Å²) in [6, 6.07) is 10.8. The van der Waals surface area contributed by atoms with Crippen molar-refractivity contribution >= 4 is 37.6 Å². The number of hydrogen-bond donors (Lipinski definition) is 3. The second-order valence-corrected chi connectivity index (χ2v) is 10.9. The molecule has 0 aromatic heterocycles. The van der Waals surface area contributed by atoms with Crippen molar-refractivity contribution in [3.63, 3.8) is 0 Å². The SMILES string of the molecule is C[C@H](NS(=O)(=O)c1ccc(Cl)cc1)C(=O)NCc1ccc(S(=O)(=O)NC2CC2)cc1. The Hall–Kier alpha value is -1.98. The minimum Gasteiger partial charge on any atom is -0.351 e. The largest absolute Gasteiger partial charge is 0.351 e. The number of hydrogen-bond acceptors (Lipinski definition) is 5. The van der Waals surface area contributed by atoms with Gasteiger partial charge in [-0.15, -0.1) is 0 Å². The highest BCUT2D eigenvalue weighted by Crippen LogP contribution is 2.22. The highest BCUT2D eigenvalue weighted by atomic mass is 35.5. The predicted octanol–water partition coefficient (Wildman–Crippen LogP) is 1.76. The molecule has 0 radical (unpaired) electrons. The number of benzene rings is 2. The number of carbonyl (C=O) groups is 1. The zero-order valence-electron chi connectivity index (χ0n) is 16.1. The maximum absolute atomic E-state index is 12.3. The molecule has 0 saturated heterocycles. The van der Waals surface area contributed by atoms with Gasteiger partial charge in [0, 0.05) is 17.6 Å². The average Bonchev–Trinajstić information content (AvgIpc) is 3.49. The van der Waals surface area contributed by atoms with Crippen molar-refractivity contribution in [1.82, 2.24) is 14.8 Å². The van der Waals surface area contributed by atoms with Crippen molar-refractivity contribution in [2.45, 2.75) is 48.2 Å². The monoisotopic (exact) mass is 471 g/mol. The quantitative estimate of drug-likeness (QED) is 0.514. The molecule has 30 heavy (non-hydrogen) atoms. The maximum atomic E-state index is 12.3. The maximum Gasteiger partial charge on any atom is 0.241 e. The standard InChI is InChI=1S/C19H22ClN3O5S2/c1-13(22-29(25,26)18-10-4-15(20)5-11-18)19(24)21-12-14-2-8-17(9-3-14)30(27,28)23-16-6-7-16/h2-5,8-11,13,16,22-23H,6-7,12H2,1H3,(H,21,24)/t13-/m0/s1. The molecule has 1 saturated carbocycles. The van der Waals surface area contributed by atoms with Gasteiger partial charge in [0.1, 0.15) is 0 Å². The first-order valence-electron chi connectivity index (χ1n) is 9.24. The Morgan fingerprint density at radius 3 is 2.07 bits per heavy atom. The van der Waals surface area contributed by atoms with E-state index in [0.717, 1.165) is 12.8 Å². The summed E-state index contributed by atoms with van der Waals surface area (Å²) in [5.74, 6) is -0.514. The van der Waals surface area contributed by atoms with E-state index in [0.29, 0.717) is 10.6 Å². The summed E-state index contributed by atoms with van der Waals surface area (Å²) in [6.07, 6.45) is 1.70. The number of amides is 1. The van der Waals surface area contributed by atoms with Crippen LogP contribution < -0.4 is 14.8 Å². The van der Waals surface area contributed by atoms with Crippen molar-refractivity contribution in [2.75, 3.05) is 0 Å². The molecule has 2 aromatic carbocycles. The van der Waals surface area contributed by atoms with Crippen LogP contribution in [0, 0.1) is 0 Å². The molecular formula is C19H22ClN3O5S2. The van der Waals surface area contributed by atoms with Crippen LogP contribution in [0.1, 0.15) is 25.3 Å². The average molecular weight is 472 g/mol. The Bertz CT molecular complexity index is 1110. The topological polar surface area (TPSA) is 121 Å². The fourth-order valence-corrected chi connectivity index (χ4v) is 5.22. The minimum atomic E-state index is -3.87. The fourth-order valence-electron chi connectivity index (χ4n) is 2.59. The Kier molecular flexibility index (Phi) is 6.83. The number of carbonyl (C=O) groups excluding carboxylic acids is 1.